The molecule has 1 fully saturated rings. The molecule has 2 aromatic carbocycles. The molecule has 1 aromatic heterocycles. The highest BCUT2D eigenvalue weighted by Crippen LogP contribution is 2.33. The number of carbonyl (C=O) groups excluding carboxylic acids is 1. The second-order valence-electron chi connectivity index (χ2n) is 8.82. The fourth-order valence-corrected chi connectivity index (χ4v) is 7.47. The first-order valence-corrected chi connectivity index (χ1v) is 14.5. The zero-order chi connectivity index (χ0) is 26.6. The van der Waals surface area contributed by atoms with Gasteiger partial charge in [0, 0.05) is 43.9 Å². The summed E-state index contributed by atoms with van der Waals surface area (Å²) in [6.45, 7) is 3.47. The molecule has 0 aliphatic carbocycles. The molecule has 0 N–H and O–H groups in total. The van der Waals surface area contributed by atoms with Crippen LogP contribution in [0.4, 0.5) is 0 Å². The van der Waals surface area contributed by atoms with Crippen LogP contribution in [0.1, 0.15) is 43.0 Å². The molecule has 1 aliphatic rings. The average molecular weight is 548 g/mol. The molecule has 9 nitrogen and oxygen atoms in total. The van der Waals surface area contributed by atoms with E-state index >= 15 is 0 Å². The Kier molecular flexibility index (Phi) is 8.68. The van der Waals surface area contributed by atoms with Gasteiger partial charge in [0.15, 0.2) is 16.3 Å². The van der Waals surface area contributed by atoms with E-state index in [0.29, 0.717) is 41.6 Å². The van der Waals surface area contributed by atoms with Crippen molar-refractivity contribution in [3.8, 4) is 11.5 Å². The van der Waals surface area contributed by atoms with E-state index in [1.165, 1.54) is 35.6 Å². The number of benzene rings is 2. The second-order valence-corrected chi connectivity index (χ2v) is 11.7. The number of fused-ring (bicyclic) bond motifs is 1. The van der Waals surface area contributed by atoms with Gasteiger partial charge in [0.05, 0.1) is 35.9 Å². The highest BCUT2D eigenvalue weighted by atomic mass is 32.2. The van der Waals surface area contributed by atoms with E-state index < -0.39 is 15.9 Å². The summed E-state index contributed by atoms with van der Waals surface area (Å²) in [7, 11) is 1.14. The lowest BCUT2D eigenvalue weighted by molar-refractivity contribution is 0.0997. The van der Waals surface area contributed by atoms with E-state index in [2.05, 4.69) is 4.99 Å². The molecule has 1 atom stereocenters. The maximum absolute atomic E-state index is 13.3. The lowest BCUT2D eigenvalue weighted by Crippen LogP contribution is -2.43. The van der Waals surface area contributed by atoms with E-state index in [1.807, 2.05) is 23.6 Å². The lowest BCUT2D eigenvalue weighted by atomic mass is 10.0. The van der Waals surface area contributed by atoms with Gasteiger partial charge in [-0.1, -0.05) is 24.7 Å². The van der Waals surface area contributed by atoms with Crippen molar-refractivity contribution in [3.63, 3.8) is 0 Å². The van der Waals surface area contributed by atoms with Crippen LogP contribution in [0.25, 0.3) is 10.2 Å². The largest absolute Gasteiger partial charge is 0.493 e. The number of ether oxygens (including phenoxy) is 3. The molecular formula is C26H33N3O6S2. The molecule has 2 heterocycles. The molecule has 1 amide bonds. The maximum Gasteiger partial charge on any atom is 0.279 e. The van der Waals surface area contributed by atoms with Gasteiger partial charge in [-0.05, 0) is 43.5 Å². The number of carbonyl (C=O) groups is 1. The van der Waals surface area contributed by atoms with Crippen LogP contribution >= 0.6 is 11.3 Å². The van der Waals surface area contributed by atoms with Gasteiger partial charge in [-0.15, -0.1) is 0 Å². The number of piperidine rings is 1. The van der Waals surface area contributed by atoms with Gasteiger partial charge in [0.2, 0.25) is 10.0 Å². The molecule has 37 heavy (non-hydrogen) atoms. The molecule has 1 aliphatic heterocycles. The van der Waals surface area contributed by atoms with E-state index in [9.17, 15) is 13.2 Å². The molecule has 200 valence electrons. The summed E-state index contributed by atoms with van der Waals surface area (Å²) < 4.78 is 47.0. The summed E-state index contributed by atoms with van der Waals surface area (Å²) in [6.07, 6.45) is 3.56. The van der Waals surface area contributed by atoms with E-state index in [1.54, 1.807) is 25.6 Å². The van der Waals surface area contributed by atoms with Crippen molar-refractivity contribution in [2.45, 2.75) is 50.1 Å². The van der Waals surface area contributed by atoms with E-state index in [0.717, 1.165) is 35.9 Å². The molecule has 0 spiro atoms. The molecule has 1 saturated heterocycles. The van der Waals surface area contributed by atoms with Crippen LogP contribution in [-0.4, -0.2) is 63.7 Å². The second kappa shape index (κ2) is 11.8. The minimum Gasteiger partial charge on any atom is -0.493 e. The number of hydrogen-bond acceptors (Lipinski definition) is 7. The van der Waals surface area contributed by atoms with Gasteiger partial charge in [-0.3, -0.25) is 4.79 Å². The highest BCUT2D eigenvalue weighted by Gasteiger charge is 2.32. The van der Waals surface area contributed by atoms with Crippen LogP contribution in [0.2, 0.25) is 0 Å². The maximum atomic E-state index is 13.3. The number of amides is 1. The first-order valence-electron chi connectivity index (χ1n) is 12.3. The first-order chi connectivity index (χ1) is 17.8. The standard InChI is InChI=1S/C26H33N3O6S2/c1-5-19-8-6-7-13-29(19)37(31,32)20-11-9-18(10-12-20)25(30)27-26-28(14-15-33-2)21-16-22(34-3)23(35-4)17-24(21)36-26/h9-12,16-17,19H,5-8,13-15H2,1-4H3. The van der Waals surface area contributed by atoms with E-state index in [-0.39, 0.29) is 10.9 Å². The van der Waals surface area contributed by atoms with Gasteiger partial charge in [-0.2, -0.15) is 9.30 Å². The third-order valence-corrected chi connectivity index (χ3v) is 9.66. The van der Waals surface area contributed by atoms with Crippen molar-refractivity contribution in [2.24, 2.45) is 4.99 Å². The van der Waals surface area contributed by atoms with Crippen LogP contribution in [0.3, 0.4) is 0 Å². The van der Waals surface area contributed by atoms with Crippen LogP contribution in [-0.2, 0) is 21.3 Å². The number of sulfonamides is 1. The third-order valence-electron chi connectivity index (χ3n) is 6.66. The number of aromatic nitrogens is 1. The number of hydrogen-bond donors (Lipinski definition) is 0. The molecule has 0 bridgehead atoms. The predicted molar refractivity (Wildman–Crippen MR) is 143 cm³/mol. The summed E-state index contributed by atoms with van der Waals surface area (Å²) in [5, 5.41) is 0. The molecule has 0 radical (unpaired) electrons. The summed E-state index contributed by atoms with van der Waals surface area (Å²) >= 11 is 1.36. The van der Waals surface area contributed by atoms with Crippen molar-refractivity contribution in [3.05, 3.63) is 46.8 Å². The quantitative estimate of drug-likeness (QED) is 0.401. The predicted octanol–water partition coefficient (Wildman–Crippen LogP) is 4.06. The third kappa shape index (κ3) is 5.59. The molecule has 4 rings (SSSR count). The summed E-state index contributed by atoms with van der Waals surface area (Å²) in [5.74, 6) is 0.710. The number of nitrogens with zero attached hydrogens (tertiary/aromatic N) is 3. The normalized spacial score (nSPS) is 17.3. The van der Waals surface area contributed by atoms with Crippen LogP contribution in [0.5, 0.6) is 11.5 Å². The van der Waals surface area contributed by atoms with Crippen molar-refractivity contribution >= 4 is 37.5 Å². The number of rotatable bonds is 9. The Balaban J connectivity index is 1.68. The Labute approximate surface area is 221 Å². The van der Waals surface area contributed by atoms with Crippen LogP contribution in [0.15, 0.2) is 46.3 Å². The molecule has 1 unspecified atom stereocenters. The van der Waals surface area contributed by atoms with Gasteiger partial charge in [0.25, 0.3) is 5.91 Å². The Morgan fingerprint density at radius 2 is 1.78 bits per heavy atom. The van der Waals surface area contributed by atoms with Gasteiger partial charge < -0.3 is 18.8 Å². The zero-order valence-electron chi connectivity index (χ0n) is 21.6. The molecule has 11 heteroatoms. The van der Waals surface area contributed by atoms with Crippen LogP contribution < -0.4 is 14.3 Å². The topological polar surface area (TPSA) is 99.4 Å². The smallest absolute Gasteiger partial charge is 0.279 e. The Morgan fingerprint density at radius 1 is 1.08 bits per heavy atom. The Bertz CT molecular complexity index is 1430. The number of thiazole rings is 1. The minimum atomic E-state index is -3.62. The van der Waals surface area contributed by atoms with Crippen molar-refractivity contribution in [2.75, 3.05) is 34.5 Å². The molecular weight excluding hydrogens is 514 g/mol. The monoisotopic (exact) mass is 547 g/mol. The minimum absolute atomic E-state index is 0.0165. The Hall–Kier alpha value is -2.73. The van der Waals surface area contributed by atoms with Gasteiger partial charge in [-0.25, -0.2) is 8.42 Å². The summed E-state index contributed by atoms with van der Waals surface area (Å²) in [6, 6.07) is 9.79. The lowest BCUT2D eigenvalue weighted by Gasteiger charge is -2.34. The summed E-state index contributed by atoms with van der Waals surface area (Å²) in [5.41, 5.74) is 1.16. The SMILES string of the molecule is CCC1CCCCN1S(=O)(=O)c1ccc(C(=O)N=c2sc3cc(OC)c(OC)cc3n2CCOC)cc1. The van der Waals surface area contributed by atoms with Crippen molar-refractivity contribution in [1.82, 2.24) is 8.87 Å². The number of methoxy groups -OCH3 is 3. The van der Waals surface area contributed by atoms with E-state index in [4.69, 9.17) is 14.2 Å². The molecule has 3 aromatic rings. The van der Waals surface area contributed by atoms with Gasteiger partial charge in [0.1, 0.15) is 0 Å². The van der Waals surface area contributed by atoms with Crippen molar-refractivity contribution < 1.29 is 27.4 Å². The molecule has 0 saturated carbocycles. The fourth-order valence-electron chi connectivity index (χ4n) is 4.64. The van der Waals surface area contributed by atoms with Gasteiger partial charge >= 0.3 is 0 Å². The Morgan fingerprint density at radius 3 is 2.43 bits per heavy atom. The van der Waals surface area contributed by atoms with Crippen molar-refractivity contribution in [1.29, 1.82) is 0 Å². The average Bonchev–Trinajstić information content (AvgIpc) is 3.26. The summed E-state index contributed by atoms with van der Waals surface area (Å²) in [4.78, 5) is 18.2. The van der Waals surface area contributed by atoms with Crippen LogP contribution in [0, 0.1) is 0 Å². The highest BCUT2D eigenvalue weighted by molar-refractivity contribution is 7.89. The first kappa shape index (κ1) is 27.3. The zero-order valence-corrected chi connectivity index (χ0v) is 23.2. The fraction of sp³-hybridized carbons (Fsp3) is 0.462.